The quantitative estimate of drug-likeness (QED) is 0.854. The van der Waals surface area contributed by atoms with Gasteiger partial charge in [-0.3, -0.25) is 0 Å². The van der Waals surface area contributed by atoms with Crippen molar-refractivity contribution in [2.75, 3.05) is 6.26 Å². The van der Waals surface area contributed by atoms with E-state index in [1.54, 1.807) is 35.7 Å². The highest BCUT2D eigenvalue weighted by Crippen LogP contribution is 2.27. The van der Waals surface area contributed by atoms with Gasteiger partial charge in [0.1, 0.15) is 4.88 Å². The molecular weight excluding hydrogens is 316 g/mol. The van der Waals surface area contributed by atoms with E-state index in [1.165, 1.54) is 29.4 Å². The molecular formula is C13H12O4S3. The molecule has 0 aliphatic carbocycles. The van der Waals surface area contributed by atoms with Gasteiger partial charge in [-0.1, -0.05) is 0 Å². The lowest BCUT2D eigenvalue weighted by atomic mass is 10.3. The highest BCUT2D eigenvalue weighted by molar-refractivity contribution is 7.98. The van der Waals surface area contributed by atoms with E-state index in [0.29, 0.717) is 10.6 Å². The van der Waals surface area contributed by atoms with Crippen molar-refractivity contribution >= 4 is 38.9 Å². The predicted octanol–water partition coefficient (Wildman–Crippen LogP) is 3.14. The summed E-state index contributed by atoms with van der Waals surface area (Å²) in [6.07, 6.45) is 1.17. The van der Waals surface area contributed by atoms with E-state index in [4.69, 9.17) is 5.11 Å². The number of rotatable bonds is 5. The molecule has 7 heteroatoms. The first kappa shape index (κ1) is 15.1. The Bertz CT molecular complexity index is 714. The summed E-state index contributed by atoms with van der Waals surface area (Å²) in [5.41, 5.74) is 0.777. The Morgan fingerprint density at radius 2 is 1.90 bits per heavy atom. The van der Waals surface area contributed by atoms with Crippen molar-refractivity contribution in [2.45, 2.75) is 15.5 Å². The van der Waals surface area contributed by atoms with Crippen molar-refractivity contribution in [3.8, 4) is 0 Å². The van der Waals surface area contributed by atoms with Gasteiger partial charge >= 0.3 is 5.97 Å². The molecule has 0 spiro atoms. The van der Waals surface area contributed by atoms with E-state index in [1.807, 2.05) is 0 Å². The van der Waals surface area contributed by atoms with Crippen molar-refractivity contribution < 1.29 is 18.3 Å². The monoisotopic (exact) mass is 328 g/mol. The van der Waals surface area contributed by atoms with Crippen molar-refractivity contribution in [3.63, 3.8) is 0 Å². The summed E-state index contributed by atoms with van der Waals surface area (Å²) in [5, 5.41) is 10.8. The fourth-order valence-electron chi connectivity index (χ4n) is 1.58. The standard InChI is InChI=1S/C13H12O4S3/c1-20(16,17)11-4-2-10(3-5-11)19-8-9-6-7-18-12(9)13(14)15/h2-7H,8H2,1H3,(H,14,15). The Labute approximate surface area is 125 Å². The molecule has 1 heterocycles. The number of hydrogen-bond acceptors (Lipinski definition) is 5. The molecule has 0 saturated carbocycles. The molecule has 0 amide bonds. The number of benzene rings is 1. The maximum Gasteiger partial charge on any atom is 0.346 e. The molecule has 2 aromatic rings. The van der Waals surface area contributed by atoms with Gasteiger partial charge < -0.3 is 5.11 Å². The van der Waals surface area contributed by atoms with Gasteiger partial charge in [0.15, 0.2) is 9.84 Å². The molecule has 0 aliphatic heterocycles. The summed E-state index contributed by atoms with van der Waals surface area (Å²) < 4.78 is 22.7. The number of thioether (sulfide) groups is 1. The molecule has 0 saturated heterocycles. The van der Waals surface area contributed by atoms with E-state index in [0.717, 1.165) is 10.5 Å². The molecule has 0 aliphatic rings. The van der Waals surface area contributed by atoms with Crippen LogP contribution in [-0.4, -0.2) is 25.7 Å². The van der Waals surface area contributed by atoms with E-state index in [2.05, 4.69) is 0 Å². The number of aromatic carboxylic acids is 1. The summed E-state index contributed by atoms with van der Waals surface area (Å²) in [5.74, 6) is -0.369. The van der Waals surface area contributed by atoms with Gasteiger partial charge in [0.25, 0.3) is 0 Å². The van der Waals surface area contributed by atoms with Crippen LogP contribution in [0.3, 0.4) is 0 Å². The van der Waals surface area contributed by atoms with Crippen molar-refractivity contribution in [1.29, 1.82) is 0 Å². The maximum absolute atomic E-state index is 11.3. The first-order chi connectivity index (χ1) is 9.38. The zero-order valence-corrected chi connectivity index (χ0v) is 13.0. The minimum atomic E-state index is -3.18. The zero-order valence-electron chi connectivity index (χ0n) is 10.6. The van der Waals surface area contributed by atoms with E-state index in [9.17, 15) is 13.2 Å². The highest BCUT2D eigenvalue weighted by atomic mass is 32.2. The lowest BCUT2D eigenvalue weighted by molar-refractivity contribution is 0.0701. The molecule has 1 N–H and O–H groups in total. The fraction of sp³-hybridized carbons (Fsp3) is 0.154. The predicted molar refractivity (Wildman–Crippen MR) is 80.4 cm³/mol. The Balaban J connectivity index is 2.08. The molecule has 2 rings (SSSR count). The molecule has 1 aromatic heterocycles. The molecule has 0 unspecified atom stereocenters. The second kappa shape index (κ2) is 5.99. The SMILES string of the molecule is CS(=O)(=O)c1ccc(SCc2ccsc2C(=O)O)cc1. The van der Waals surface area contributed by atoms with Crippen LogP contribution in [0.25, 0.3) is 0 Å². The molecule has 0 radical (unpaired) electrons. The summed E-state index contributed by atoms with van der Waals surface area (Å²) in [7, 11) is -3.18. The minimum absolute atomic E-state index is 0.281. The van der Waals surface area contributed by atoms with Crippen molar-refractivity contribution in [3.05, 3.63) is 46.2 Å². The molecule has 0 fully saturated rings. The Morgan fingerprint density at radius 1 is 1.25 bits per heavy atom. The van der Waals surface area contributed by atoms with E-state index < -0.39 is 15.8 Å². The number of carboxylic acid groups (broad SMARTS) is 1. The summed E-state index contributed by atoms with van der Waals surface area (Å²) >= 11 is 2.68. The Morgan fingerprint density at radius 3 is 2.45 bits per heavy atom. The minimum Gasteiger partial charge on any atom is -0.477 e. The van der Waals surface area contributed by atoms with Crippen LogP contribution in [0.15, 0.2) is 45.5 Å². The van der Waals surface area contributed by atoms with E-state index in [-0.39, 0.29) is 4.90 Å². The molecule has 1 aromatic carbocycles. The molecule has 4 nitrogen and oxygen atoms in total. The molecule has 0 atom stereocenters. The van der Waals surface area contributed by atoms with Crippen molar-refractivity contribution in [2.24, 2.45) is 0 Å². The lowest BCUT2D eigenvalue weighted by Crippen LogP contribution is -1.97. The van der Waals surface area contributed by atoms with Gasteiger partial charge in [-0.05, 0) is 41.3 Å². The van der Waals surface area contributed by atoms with Crippen LogP contribution >= 0.6 is 23.1 Å². The number of carbonyl (C=O) groups is 1. The summed E-state index contributed by atoms with van der Waals surface area (Å²) in [6.45, 7) is 0. The summed E-state index contributed by atoms with van der Waals surface area (Å²) in [6, 6.07) is 8.38. The number of sulfone groups is 1. The largest absolute Gasteiger partial charge is 0.477 e. The fourth-order valence-corrected chi connectivity index (χ4v) is 3.96. The van der Waals surface area contributed by atoms with Gasteiger partial charge in [-0.2, -0.15) is 0 Å². The number of thiophene rings is 1. The topological polar surface area (TPSA) is 71.4 Å². The van der Waals surface area contributed by atoms with Crippen LogP contribution in [0.2, 0.25) is 0 Å². The summed E-state index contributed by atoms with van der Waals surface area (Å²) in [4.78, 5) is 12.5. The van der Waals surface area contributed by atoms with Gasteiger partial charge in [0.05, 0.1) is 4.90 Å². The highest BCUT2D eigenvalue weighted by Gasteiger charge is 2.12. The van der Waals surface area contributed by atoms with Gasteiger partial charge in [0.2, 0.25) is 0 Å². The smallest absolute Gasteiger partial charge is 0.346 e. The second-order valence-electron chi connectivity index (χ2n) is 4.11. The Hall–Kier alpha value is -1.31. The zero-order chi connectivity index (χ0) is 14.8. The molecule has 0 bridgehead atoms. The number of carboxylic acids is 1. The van der Waals surface area contributed by atoms with Gasteiger partial charge in [-0.15, -0.1) is 23.1 Å². The van der Waals surface area contributed by atoms with Crippen LogP contribution in [-0.2, 0) is 15.6 Å². The third-order valence-electron chi connectivity index (χ3n) is 2.59. The van der Waals surface area contributed by atoms with E-state index >= 15 is 0 Å². The van der Waals surface area contributed by atoms with Crippen LogP contribution < -0.4 is 0 Å². The van der Waals surface area contributed by atoms with Gasteiger partial charge in [0, 0.05) is 16.9 Å². The average molecular weight is 328 g/mol. The van der Waals surface area contributed by atoms with Crippen molar-refractivity contribution in [1.82, 2.24) is 0 Å². The molecule has 106 valence electrons. The average Bonchev–Trinajstić information content (AvgIpc) is 2.84. The third kappa shape index (κ3) is 3.62. The third-order valence-corrected chi connectivity index (χ3v) is 5.72. The first-order valence-corrected chi connectivity index (χ1v) is 9.36. The van der Waals surface area contributed by atoms with Crippen LogP contribution in [0.4, 0.5) is 0 Å². The Kier molecular flexibility index (Phi) is 4.52. The normalized spacial score (nSPS) is 11.4. The van der Waals surface area contributed by atoms with Crippen LogP contribution in [0.1, 0.15) is 15.2 Å². The van der Waals surface area contributed by atoms with Gasteiger partial charge in [-0.25, -0.2) is 13.2 Å². The second-order valence-corrected chi connectivity index (χ2v) is 8.09. The van der Waals surface area contributed by atoms with Crippen LogP contribution in [0.5, 0.6) is 0 Å². The lowest BCUT2D eigenvalue weighted by Gasteiger charge is -2.03. The maximum atomic E-state index is 11.3. The molecule has 20 heavy (non-hydrogen) atoms. The number of hydrogen-bond donors (Lipinski definition) is 1. The first-order valence-electron chi connectivity index (χ1n) is 5.60. The van der Waals surface area contributed by atoms with Crippen LogP contribution in [0, 0.1) is 0 Å².